The summed E-state index contributed by atoms with van der Waals surface area (Å²) in [5.41, 5.74) is 3.20. The van der Waals surface area contributed by atoms with Crippen molar-refractivity contribution in [3.63, 3.8) is 0 Å². The van der Waals surface area contributed by atoms with Gasteiger partial charge >= 0.3 is 5.97 Å². The molecule has 6 heteroatoms. The molecule has 1 heterocycles. The van der Waals surface area contributed by atoms with Gasteiger partial charge in [-0.05, 0) is 36.6 Å². The first-order chi connectivity index (χ1) is 16.6. The molecule has 6 nitrogen and oxygen atoms in total. The molecule has 1 N–H and O–H groups in total. The average Bonchev–Trinajstić information content (AvgIpc) is 3.28. The maximum atomic E-state index is 12.4. The summed E-state index contributed by atoms with van der Waals surface area (Å²) in [5, 5.41) is 2.85. The minimum absolute atomic E-state index is 0.0693. The van der Waals surface area contributed by atoms with Crippen LogP contribution in [0.4, 0.5) is 0 Å². The van der Waals surface area contributed by atoms with Crippen LogP contribution in [-0.4, -0.2) is 30.0 Å². The number of oxazole rings is 1. The number of nitrogens with zero attached hydrogens (tertiary/aromatic N) is 1. The molecule has 34 heavy (non-hydrogen) atoms. The van der Waals surface area contributed by atoms with E-state index in [1.165, 1.54) is 11.1 Å². The van der Waals surface area contributed by atoms with Gasteiger partial charge in [-0.3, -0.25) is 4.79 Å². The molecule has 0 spiro atoms. The summed E-state index contributed by atoms with van der Waals surface area (Å²) in [6.45, 7) is 1.71. The van der Waals surface area contributed by atoms with Crippen LogP contribution in [-0.2, 0) is 9.53 Å². The van der Waals surface area contributed by atoms with E-state index in [0.717, 1.165) is 12.0 Å². The molecule has 1 amide bonds. The summed E-state index contributed by atoms with van der Waals surface area (Å²) in [6.07, 6.45) is 0.719. The first kappa shape index (κ1) is 23.0. The highest BCUT2D eigenvalue weighted by atomic mass is 16.5. The predicted molar refractivity (Wildman–Crippen MR) is 129 cm³/mol. The van der Waals surface area contributed by atoms with Crippen LogP contribution in [0.25, 0.3) is 11.5 Å². The number of hydrogen-bond donors (Lipinski definition) is 1. The monoisotopic (exact) mass is 454 g/mol. The summed E-state index contributed by atoms with van der Waals surface area (Å²) in [7, 11) is 0. The third kappa shape index (κ3) is 5.78. The van der Waals surface area contributed by atoms with E-state index in [4.69, 9.17) is 9.15 Å². The minimum Gasteiger partial charge on any atom is -0.451 e. The highest BCUT2D eigenvalue weighted by molar-refractivity contribution is 5.90. The van der Waals surface area contributed by atoms with Gasteiger partial charge in [0, 0.05) is 18.0 Å². The zero-order valence-electron chi connectivity index (χ0n) is 18.9. The second kappa shape index (κ2) is 11.1. The van der Waals surface area contributed by atoms with Crippen LogP contribution in [0.5, 0.6) is 0 Å². The van der Waals surface area contributed by atoms with E-state index in [1.54, 1.807) is 6.92 Å². The fraction of sp³-hybridized carbons (Fsp3) is 0.179. The van der Waals surface area contributed by atoms with Gasteiger partial charge in [0.05, 0.1) is 0 Å². The third-order valence-electron chi connectivity index (χ3n) is 5.50. The smallest absolute Gasteiger partial charge is 0.361 e. The zero-order chi connectivity index (χ0) is 23.8. The number of amides is 1. The fourth-order valence-corrected chi connectivity index (χ4v) is 3.79. The van der Waals surface area contributed by atoms with Gasteiger partial charge in [0.15, 0.2) is 12.3 Å². The summed E-state index contributed by atoms with van der Waals surface area (Å²) in [5.74, 6) is -0.220. The zero-order valence-corrected chi connectivity index (χ0v) is 18.9. The van der Waals surface area contributed by atoms with Gasteiger partial charge in [-0.2, -0.15) is 0 Å². The lowest BCUT2D eigenvalue weighted by Gasteiger charge is -2.18. The number of aryl methyl sites for hydroxylation is 1. The highest BCUT2D eigenvalue weighted by Gasteiger charge is 2.20. The molecule has 0 fully saturated rings. The number of hydrogen-bond acceptors (Lipinski definition) is 5. The molecule has 0 aliphatic carbocycles. The number of aromatic nitrogens is 1. The van der Waals surface area contributed by atoms with Gasteiger partial charge in [-0.15, -0.1) is 0 Å². The van der Waals surface area contributed by atoms with Crippen LogP contribution in [0.1, 0.15) is 39.7 Å². The van der Waals surface area contributed by atoms with Gasteiger partial charge in [-0.25, -0.2) is 9.78 Å². The molecular formula is C28H26N2O4. The lowest BCUT2D eigenvalue weighted by molar-refractivity contribution is -0.124. The topological polar surface area (TPSA) is 81.4 Å². The lowest BCUT2D eigenvalue weighted by atomic mass is 9.88. The SMILES string of the molecule is Cc1oc(-c2ccccc2)nc1C(=O)OCC(=O)NCCC(c1ccccc1)c1ccccc1. The van der Waals surface area contributed by atoms with Crippen molar-refractivity contribution >= 4 is 11.9 Å². The van der Waals surface area contributed by atoms with Crippen molar-refractivity contribution in [1.29, 1.82) is 0 Å². The molecule has 4 rings (SSSR count). The van der Waals surface area contributed by atoms with Crippen molar-refractivity contribution in [1.82, 2.24) is 10.3 Å². The Bertz CT molecular complexity index is 1180. The van der Waals surface area contributed by atoms with Crippen molar-refractivity contribution in [3.8, 4) is 11.5 Å². The van der Waals surface area contributed by atoms with Gasteiger partial charge < -0.3 is 14.5 Å². The third-order valence-corrected chi connectivity index (χ3v) is 5.50. The Morgan fingerprint density at radius 3 is 2.03 bits per heavy atom. The summed E-state index contributed by atoms with van der Waals surface area (Å²) in [4.78, 5) is 29.0. The Hall–Kier alpha value is -4.19. The van der Waals surface area contributed by atoms with E-state index >= 15 is 0 Å². The van der Waals surface area contributed by atoms with Crippen LogP contribution in [0.2, 0.25) is 0 Å². The molecule has 172 valence electrons. The Morgan fingerprint density at radius 1 is 0.882 bits per heavy atom. The number of benzene rings is 3. The first-order valence-corrected chi connectivity index (χ1v) is 11.2. The summed E-state index contributed by atoms with van der Waals surface area (Å²) >= 11 is 0. The molecule has 0 saturated carbocycles. The molecule has 3 aromatic carbocycles. The van der Waals surface area contributed by atoms with E-state index < -0.39 is 5.97 Å². The van der Waals surface area contributed by atoms with Gasteiger partial charge in [0.25, 0.3) is 5.91 Å². The molecule has 0 aliphatic rings. The molecule has 0 unspecified atom stereocenters. The van der Waals surface area contributed by atoms with Gasteiger partial charge in [0.2, 0.25) is 5.89 Å². The molecule has 1 aromatic heterocycles. The molecule has 0 aliphatic heterocycles. The van der Waals surface area contributed by atoms with Crippen molar-refractivity contribution in [2.24, 2.45) is 0 Å². The van der Waals surface area contributed by atoms with Gasteiger partial charge in [-0.1, -0.05) is 78.9 Å². The molecule has 0 atom stereocenters. The Balaban J connectivity index is 1.30. The van der Waals surface area contributed by atoms with Crippen LogP contribution < -0.4 is 5.32 Å². The van der Waals surface area contributed by atoms with E-state index in [0.29, 0.717) is 18.2 Å². The van der Waals surface area contributed by atoms with Crippen molar-refractivity contribution < 1.29 is 18.7 Å². The molecule has 0 bridgehead atoms. The summed E-state index contributed by atoms with van der Waals surface area (Å²) in [6, 6.07) is 29.7. The normalized spacial score (nSPS) is 10.8. The largest absolute Gasteiger partial charge is 0.451 e. The second-order valence-electron chi connectivity index (χ2n) is 7.88. The van der Waals surface area contributed by atoms with E-state index in [9.17, 15) is 9.59 Å². The van der Waals surface area contributed by atoms with E-state index in [2.05, 4.69) is 34.6 Å². The second-order valence-corrected chi connectivity index (χ2v) is 7.88. The number of carbonyl (C=O) groups excluding carboxylic acids is 2. The number of carbonyl (C=O) groups is 2. The predicted octanol–water partition coefficient (Wildman–Crippen LogP) is 5.15. The van der Waals surface area contributed by atoms with Crippen LogP contribution in [0, 0.1) is 6.92 Å². The van der Waals surface area contributed by atoms with Crippen molar-refractivity contribution in [2.75, 3.05) is 13.2 Å². The molecular weight excluding hydrogens is 428 g/mol. The molecule has 0 radical (unpaired) electrons. The van der Waals surface area contributed by atoms with Crippen LogP contribution >= 0.6 is 0 Å². The summed E-state index contributed by atoms with van der Waals surface area (Å²) < 4.78 is 10.8. The van der Waals surface area contributed by atoms with Gasteiger partial charge in [0.1, 0.15) is 5.76 Å². The van der Waals surface area contributed by atoms with E-state index in [1.807, 2.05) is 66.7 Å². The van der Waals surface area contributed by atoms with Crippen molar-refractivity contribution in [3.05, 3.63) is 114 Å². The van der Waals surface area contributed by atoms with Crippen LogP contribution in [0.3, 0.4) is 0 Å². The fourth-order valence-electron chi connectivity index (χ4n) is 3.79. The first-order valence-electron chi connectivity index (χ1n) is 11.2. The maximum absolute atomic E-state index is 12.4. The number of nitrogens with one attached hydrogen (secondary N) is 1. The maximum Gasteiger partial charge on any atom is 0.361 e. The van der Waals surface area contributed by atoms with E-state index in [-0.39, 0.29) is 24.1 Å². The quantitative estimate of drug-likeness (QED) is 0.354. The lowest BCUT2D eigenvalue weighted by Crippen LogP contribution is -2.30. The Kier molecular flexibility index (Phi) is 7.50. The Labute approximate surface area is 198 Å². The minimum atomic E-state index is -0.690. The van der Waals surface area contributed by atoms with Crippen molar-refractivity contribution in [2.45, 2.75) is 19.3 Å². The number of rotatable bonds is 9. The number of ether oxygens (including phenoxy) is 1. The molecule has 4 aromatic rings. The van der Waals surface area contributed by atoms with Crippen LogP contribution in [0.15, 0.2) is 95.4 Å². The molecule has 0 saturated heterocycles. The number of esters is 1. The highest BCUT2D eigenvalue weighted by Crippen LogP contribution is 2.27. The Morgan fingerprint density at radius 2 is 1.44 bits per heavy atom. The average molecular weight is 455 g/mol. The standard InChI is InChI=1S/C28H26N2O4/c1-20-26(30-27(34-20)23-15-9-4-10-16-23)28(32)33-19-25(31)29-18-17-24(21-11-5-2-6-12-21)22-13-7-3-8-14-22/h2-16,24H,17-19H2,1H3,(H,29,31).